The Hall–Kier alpha value is -2.73. The molecular formula is C20H20N2O3S. The number of methoxy groups -OCH3 is 2. The Kier molecular flexibility index (Phi) is 5.63. The third-order valence-corrected chi connectivity index (χ3v) is 4.93. The van der Waals surface area contributed by atoms with E-state index in [2.05, 4.69) is 10.3 Å². The third-order valence-electron chi connectivity index (χ3n) is 3.89. The average Bonchev–Trinajstić information content (AvgIpc) is 2.67. The molecule has 0 fully saturated rings. The smallest absolute Gasteiger partial charge is 0.237 e. The van der Waals surface area contributed by atoms with Crippen molar-refractivity contribution in [3.8, 4) is 11.5 Å². The molecule has 0 aliphatic rings. The molecule has 0 aliphatic carbocycles. The number of hydrogen-bond acceptors (Lipinski definition) is 5. The van der Waals surface area contributed by atoms with Gasteiger partial charge in [0.2, 0.25) is 5.91 Å². The van der Waals surface area contributed by atoms with Crippen LogP contribution in [0.5, 0.6) is 11.5 Å². The number of carbonyl (C=O) groups excluding carboxylic acids is 1. The van der Waals surface area contributed by atoms with E-state index >= 15 is 0 Å². The molecule has 26 heavy (non-hydrogen) atoms. The summed E-state index contributed by atoms with van der Waals surface area (Å²) in [5.41, 5.74) is 1.58. The topological polar surface area (TPSA) is 60.5 Å². The van der Waals surface area contributed by atoms with Gasteiger partial charge in [-0.15, -0.1) is 0 Å². The normalized spacial score (nSPS) is 11.8. The monoisotopic (exact) mass is 368 g/mol. The second-order valence-electron chi connectivity index (χ2n) is 5.66. The van der Waals surface area contributed by atoms with E-state index in [0.717, 1.165) is 15.9 Å². The third kappa shape index (κ3) is 4.08. The molecule has 3 rings (SSSR count). The van der Waals surface area contributed by atoms with E-state index in [1.165, 1.54) is 11.8 Å². The van der Waals surface area contributed by atoms with Crippen molar-refractivity contribution in [2.24, 2.45) is 0 Å². The van der Waals surface area contributed by atoms with E-state index in [1.54, 1.807) is 32.4 Å². The van der Waals surface area contributed by atoms with Gasteiger partial charge in [0, 0.05) is 17.1 Å². The molecule has 0 bridgehead atoms. The predicted molar refractivity (Wildman–Crippen MR) is 105 cm³/mol. The number of benzene rings is 2. The Balaban J connectivity index is 1.69. The Morgan fingerprint density at radius 2 is 1.81 bits per heavy atom. The predicted octanol–water partition coefficient (Wildman–Crippen LogP) is 4.37. The summed E-state index contributed by atoms with van der Waals surface area (Å²) in [5.74, 6) is 1.09. The first-order chi connectivity index (χ1) is 12.6. The highest BCUT2D eigenvalue weighted by atomic mass is 32.2. The molecule has 5 nitrogen and oxygen atoms in total. The maximum Gasteiger partial charge on any atom is 0.237 e. The minimum atomic E-state index is -0.295. The van der Waals surface area contributed by atoms with E-state index < -0.39 is 0 Å². The Bertz CT molecular complexity index is 930. The van der Waals surface area contributed by atoms with Gasteiger partial charge >= 0.3 is 0 Å². The number of amides is 1. The van der Waals surface area contributed by atoms with Gasteiger partial charge in [-0.3, -0.25) is 4.79 Å². The molecule has 2 aromatic carbocycles. The van der Waals surface area contributed by atoms with Crippen LogP contribution in [-0.2, 0) is 4.79 Å². The van der Waals surface area contributed by atoms with Crippen molar-refractivity contribution >= 4 is 34.3 Å². The summed E-state index contributed by atoms with van der Waals surface area (Å²) in [6.45, 7) is 1.86. The van der Waals surface area contributed by atoms with Crippen molar-refractivity contribution in [3.63, 3.8) is 0 Å². The number of nitrogens with zero attached hydrogens (tertiary/aromatic N) is 1. The Morgan fingerprint density at radius 1 is 1.04 bits per heavy atom. The molecule has 0 radical (unpaired) electrons. The molecule has 0 spiro atoms. The first-order valence-electron chi connectivity index (χ1n) is 8.16. The lowest BCUT2D eigenvalue weighted by Gasteiger charge is -2.14. The lowest BCUT2D eigenvalue weighted by molar-refractivity contribution is -0.115. The molecule has 6 heteroatoms. The largest absolute Gasteiger partial charge is 0.493 e. The molecule has 0 aliphatic heterocycles. The number of ether oxygens (including phenoxy) is 2. The number of hydrogen-bond donors (Lipinski definition) is 1. The lowest BCUT2D eigenvalue weighted by Crippen LogP contribution is -2.22. The summed E-state index contributed by atoms with van der Waals surface area (Å²) in [7, 11) is 3.14. The highest BCUT2D eigenvalue weighted by Gasteiger charge is 2.16. The standard InChI is InChI=1S/C20H20N2O3S/c1-13(26-19-11-8-14-6-4-5-7-16(14)22-19)20(23)21-15-9-10-17(24-2)18(12-15)25-3/h4-13H,1-3H3,(H,21,23)/t13-/m1/s1. The van der Waals surface area contributed by atoms with Gasteiger partial charge in [0.1, 0.15) is 0 Å². The maximum absolute atomic E-state index is 12.5. The number of pyridine rings is 1. The number of thioether (sulfide) groups is 1. The zero-order valence-corrected chi connectivity index (χ0v) is 15.7. The van der Waals surface area contributed by atoms with Crippen LogP contribution in [0.4, 0.5) is 5.69 Å². The minimum absolute atomic E-state index is 0.0998. The van der Waals surface area contributed by atoms with Crippen molar-refractivity contribution in [1.29, 1.82) is 0 Å². The van der Waals surface area contributed by atoms with Crippen molar-refractivity contribution in [2.75, 3.05) is 19.5 Å². The fourth-order valence-corrected chi connectivity index (χ4v) is 3.33. The highest BCUT2D eigenvalue weighted by molar-refractivity contribution is 8.00. The molecule has 0 unspecified atom stereocenters. The lowest BCUT2D eigenvalue weighted by atomic mass is 10.2. The molecule has 0 saturated carbocycles. The van der Waals surface area contributed by atoms with Gasteiger partial charge < -0.3 is 14.8 Å². The number of fused-ring (bicyclic) bond motifs is 1. The van der Waals surface area contributed by atoms with E-state index in [0.29, 0.717) is 17.2 Å². The van der Waals surface area contributed by atoms with Gasteiger partial charge in [0.15, 0.2) is 11.5 Å². The first-order valence-corrected chi connectivity index (χ1v) is 9.04. The van der Waals surface area contributed by atoms with E-state index in [-0.39, 0.29) is 11.2 Å². The number of anilines is 1. The van der Waals surface area contributed by atoms with Crippen LogP contribution in [0.25, 0.3) is 10.9 Å². The zero-order valence-electron chi connectivity index (χ0n) is 14.9. The number of aromatic nitrogens is 1. The molecule has 1 amide bonds. The molecule has 1 atom stereocenters. The van der Waals surface area contributed by atoms with Crippen molar-refractivity contribution in [3.05, 3.63) is 54.6 Å². The highest BCUT2D eigenvalue weighted by Crippen LogP contribution is 2.30. The van der Waals surface area contributed by atoms with Gasteiger partial charge in [0.05, 0.1) is 30.0 Å². The summed E-state index contributed by atoms with van der Waals surface area (Å²) in [5, 5.41) is 4.51. The van der Waals surface area contributed by atoms with Crippen LogP contribution >= 0.6 is 11.8 Å². The Morgan fingerprint density at radius 3 is 2.58 bits per heavy atom. The van der Waals surface area contributed by atoms with Crippen LogP contribution in [0.1, 0.15) is 6.92 Å². The van der Waals surface area contributed by atoms with Gasteiger partial charge in [-0.1, -0.05) is 36.0 Å². The molecule has 1 aromatic heterocycles. The number of rotatable bonds is 6. The van der Waals surface area contributed by atoms with Crippen molar-refractivity contribution in [2.45, 2.75) is 17.2 Å². The summed E-state index contributed by atoms with van der Waals surface area (Å²) in [6, 6.07) is 17.2. The SMILES string of the molecule is COc1ccc(NC(=O)[C@@H](C)Sc2ccc3ccccc3n2)cc1OC. The number of carbonyl (C=O) groups is 1. The molecular weight excluding hydrogens is 348 g/mol. The fraction of sp³-hybridized carbons (Fsp3) is 0.200. The van der Waals surface area contributed by atoms with Crippen LogP contribution in [-0.4, -0.2) is 30.4 Å². The maximum atomic E-state index is 12.5. The second-order valence-corrected chi connectivity index (χ2v) is 7.02. The number of nitrogens with one attached hydrogen (secondary N) is 1. The van der Waals surface area contributed by atoms with Crippen LogP contribution in [0, 0.1) is 0 Å². The molecule has 3 aromatic rings. The van der Waals surface area contributed by atoms with Crippen LogP contribution < -0.4 is 14.8 Å². The molecule has 0 saturated heterocycles. The fourth-order valence-electron chi connectivity index (χ4n) is 2.51. The first kappa shape index (κ1) is 18.1. The van der Waals surface area contributed by atoms with E-state index in [1.807, 2.05) is 43.3 Å². The van der Waals surface area contributed by atoms with Gasteiger partial charge in [-0.05, 0) is 31.2 Å². The van der Waals surface area contributed by atoms with Crippen molar-refractivity contribution in [1.82, 2.24) is 4.98 Å². The van der Waals surface area contributed by atoms with Gasteiger partial charge in [-0.2, -0.15) is 0 Å². The summed E-state index contributed by atoms with van der Waals surface area (Å²) in [6.07, 6.45) is 0. The van der Waals surface area contributed by atoms with Gasteiger partial charge in [0.25, 0.3) is 0 Å². The van der Waals surface area contributed by atoms with Gasteiger partial charge in [-0.25, -0.2) is 4.98 Å². The summed E-state index contributed by atoms with van der Waals surface area (Å²) in [4.78, 5) is 17.1. The van der Waals surface area contributed by atoms with E-state index in [4.69, 9.17) is 9.47 Å². The summed E-state index contributed by atoms with van der Waals surface area (Å²) >= 11 is 1.42. The quantitative estimate of drug-likeness (QED) is 0.655. The van der Waals surface area contributed by atoms with Crippen LogP contribution in [0.2, 0.25) is 0 Å². The van der Waals surface area contributed by atoms with Crippen LogP contribution in [0.3, 0.4) is 0 Å². The minimum Gasteiger partial charge on any atom is -0.493 e. The van der Waals surface area contributed by atoms with E-state index in [9.17, 15) is 4.79 Å². The van der Waals surface area contributed by atoms with Crippen LogP contribution in [0.15, 0.2) is 59.6 Å². The second kappa shape index (κ2) is 8.10. The van der Waals surface area contributed by atoms with Crippen molar-refractivity contribution < 1.29 is 14.3 Å². The average molecular weight is 368 g/mol. The number of para-hydroxylation sites is 1. The molecule has 1 N–H and O–H groups in total. The zero-order chi connectivity index (χ0) is 18.5. The molecule has 134 valence electrons. The summed E-state index contributed by atoms with van der Waals surface area (Å²) < 4.78 is 10.5. The molecule has 1 heterocycles. The Labute approximate surface area is 156 Å².